The molecule has 1 saturated carbocycles. The Morgan fingerprint density at radius 3 is 2.90 bits per heavy atom. The van der Waals surface area contributed by atoms with E-state index in [1.54, 1.807) is 0 Å². The van der Waals surface area contributed by atoms with E-state index >= 15 is 0 Å². The molecule has 20 heavy (non-hydrogen) atoms. The van der Waals surface area contributed by atoms with Crippen LogP contribution in [0, 0.1) is 0 Å². The van der Waals surface area contributed by atoms with Crippen molar-refractivity contribution in [3.05, 3.63) is 10.8 Å². The molecule has 0 spiro atoms. The molecule has 0 aliphatic heterocycles. The smallest absolute Gasteiger partial charge is 0.239 e. The van der Waals surface area contributed by atoms with Gasteiger partial charge in [0.25, 0.3) is 0 Å². The number of likely N-dealkylation sites (N-methyl/N-ethyl adjacent to an activating group) is 1. The molecule has 0 atom stereocenters. The van der Waals surface area contributed by atoms with Crippen LogP contribution in [0.25, 0.3) is 0 Å². The van der Waals surface area contributed by atoms with Crippen molar-refractivity contribution in [2.75, 3.05) is 30.4 Å². The Labute approximate surface area is 127 Å². The number of amides is 1. The van der Waals surface area contributed by atoms with E-state index in [0.717, 1.165) is 36.1 Å². The van der Waals surface area contributed by atoms with Gasteiger partial charge >= 0.3 is 0 Å². The summed E-state index contributed by atoms with van der Waals surface area (Å²) >= 11 is 3.50. The molecule has 6 nitrogen and oxygen atoms in total. The molecule has 0 saturated heterocycles. The van der Waals surface area contributed by atoms with E-state index in [1.807, 2.05) is 11.9 Å². The number of aromatic nitrogens is 2. The SMILES string of the molecule is CCCNc1ncnc(N(C)CC(=O)NC2CC2)c1Br. The summed E-state index contributed by atoms with van der Waals surface area (Å²) in [6.45, 7) is 3.23. The molecular weight excluding hydrogens is 322 g/mol. The van der Waals surface area contributed by atoms with Crippen LogP contribution in [0.4, 0.5) is 11.6 Å². The molecular formula is C13H20BrN5O. The summed E-state index contributed by atoms with van der Waals surface area (Å²) in [6, 6.07) is 0.381. The van der Waals surface area contributed by atoms with Gasteiger partial charge in [0.05, 0.1) is 6.54 Å². The zero-order valence-corrected chi connectivity index (χ0v) is 13.4. The molecule has 110 valence electrons. The summed E-state index contributed by atoms with van der Waals surface area (Å²) in [7, 11) is 1.85. The lowest BCUT2D eigenvalue weighted by Crippen LogP contribution is -2.36. The minimum Gasteiger partial charge on any atom is -0.369 e. The van der Waals surface area contributed by atoms with Gasteiger partial charge in [-0.15, -0.1) is 0 Å². The van der Waals surface area contributed by atoms with E-state index in [-0.39, 0.29) is 5.91 Å². The predicted molar refractivity (Wildman–Crippen MR) is 82.9 cm³/mol. The third-order valence-corrected chi connectivity index (χ3v) is 3.73. The predicted octanol–water partition coefficient (Wildman–Crippen LogP) is 1.78. The first-order chi connectivity index (χ1) is 9.61. The molecule has 1 aromatic heterocycles. The van der Waals surface area contributed by atoms with E-state index in [0.29, 0.717) is 18.4 Å². The summed E-state index contributed by atoms with van der Waals surface area (Å²) in [5, 5.41) is 6.20. The molecule has 1 heterocycles. The van der Waals surface area contributed by atoms with Gasteiger partial charge in [-0.05, 0) is 35.2 Å². The summed E-state index contributed by atoms with van der Waals surface area (Å²) in [4.78, 5) is 22.1. The number of anilines is 2. The monoisotopic (exact) mass is 341 g/mol. The van der Waals surface area contributed by atoms with Crippen molar-refractivity contribution < 1.29 is 4.79 Å². The Hall–Kier alpha value is -1.37. The number of halogens is 1. The molecule has 1 amide bonds. The lowest BCUT2D eigenvalue weighted by atomic mass is 10.4. The van der Waals surface area contributed by atoms with Crippen molar-refractivity contribution in [3.8, 4) is 0 Å². The van der Waals surface area contributed by atoms with Gasteiger partial charge in [0, 0.05) is 19.6 Å². The third kappa shape index (κ3) is 4.06. The van der Waals surface area contributed by atoms with Crippen LogP contribution in [0.2, 0.25) is 0 Å². The average molecular weight is 342 g/mol. The molecule has 7 heteroatoms. The largest absolute Gasteiger partial charge is 0.369 e. The van der Waals surface area contributed by atoms with E-state index in [2.05, 4.69) is 43.5 Å². The first-order valence-corrected chi connectivity index (χ1v) is 7.66. The maximum absolute atomic E-state index is 11.8. The van der Waals surface area contributed by atoms with Crippen LogP contribution in [-0.4, -0.2) is 42.1 Å². The molecule has 1 aliphatic carbocycles. The maximum Gasteiger partial charge on any atom is 0.239 e. The third-order valence-electron chi connectivity index (χ3n) is 3.00. The van der Waals surface area contributed by atoms with Crippen LogP contribution in [0.3, 0.4) is 0 Å². The first-order valence-electron chi connectivity index (χ1n) is 6.86. The highest BCUT2D eigenvalue weighted by Gasteiger charge is 2.24. The molecule has 0 radical (unpaired) electrons. The van der Waals surface area contributed by atoms with E-state index < -0.39 is 0 Å². The quantitative estimate of drug-likeness (QED) is 0.790. The van der Waals surface area contributed by atoms with Gasteiger partial charge < -0.3 is 15.5 Å². The topological polar surface area (TPSA) is 70.2 Å². The Balaban J connectivity index is 2.00. The van der Waals surface area contributed by atoms with Crippen molar-refractivity contribution in [1.29, 1.82) is 0 Å². The Morgan fingerprint density at radius 2 is 2.25 bits per heavy atom. The van der Waals surface area contributed by atoms with Crippen molar-refractivity contribution >= 4 is 33.5 Å². The fourth-order valence-corrected chi connectivity index (χ4v) is 2.43. The molecule has 0 bridgehead atoms. The second kappa shape index (κ2) is 6.88. The van der Waals surface area contributed by atoms with E-state index in [4.69, 9.17) is 0 Å². The standard InChI is InChI=1S/C13H20BrN5O/c1-3-6-15-12-11(14)13(17-8-16-12)19(2)7-10(20)18-9-4-5-9/h8-9H,3-7H2,1-2H3,(H,18,20)(H,15,16,17). The van der Waals surface area contributed by atoms with Crippen LogP contribution >= 0.6 is 15.9 Å². The van der Waals surface area contributed by atoms with Gasteiger partial charge in [-0.1, -0.05) is 6.92 Å². The second-order valence-electron chi connectivity index (χ2n) is 4.98. The van der Waals surface area contributed by atoms with E-state index in [1.165, 1.54) is 6.33 Å². The molecule has 1 aromatic rings. The highest BCUT2D eigenvalue weighted by Crippen LogP contribution is 2.28. The minimum absolute atomic E-state index is 0.0311. The van der Waals surface area contributed by atoms with Crippen LogP contribution in [0.5, 0.6) is 0 Å². The van der Waals surface area contributed by atoms with Crippen molar-refractivity contribution in [2.24, 2.45) is 0 Å². The number of hydrogen-bond donors (Lipinski definition) is 2. The van der Waals surface area contributed by atoms with Crippen molar-refractivity contribution in [3.63, 3.8) is 0 Å². The lowest BCUT2D eigenvalue weighted by Gasteiger charge is -2.20. The fraction of sp³-hybridized carbons (Fsp3) is 0.615. The molecule has 2 rings (SSSR count). The van der Waals surface area contributed by atoms with Gasteiger partial charge in [0.15, 0.2) is 0 Å². The van der Waals surface area contributed by atoms with Gasteiger partial charge in [-0.25, -0.2) is 9.97 Å². The number of carbonyl (C=O) groups excluding carboxylic acids is 1. The highest BCUT2D eigenvalue weighted by atomic mass is 79.9. The molecule has 0 aromatic carbocycles. The lowest BCUT2D eigenvalue weighted by molar-refractivity contribution is -0.119. The zero-order valence-electron chi connectivity index (χ0n) is 11.8. The summed E-state index contributed by atoms with van der Waals surface area (Å²) < 4.78 is 0.787. The molecule has 1 fully saturated rings. The maximum atomic E-state index is 11.8. The average Bonchev–Trinajstić information content (AvgIpc) is 3.21. The van der Waals surface area contributed by atoms with Crippen LogP contribution in [0.15, 0.2) is 10.8 Å². The van der Waals surface area contributed by atoms with Gasteiger partial charge in [-0.2, -0.15) is 0 Å². The Bertz CT molecular complexity index is 478. The zero-order chi connectivity index (χ0) is 14.5. The molecule has 0 unspecified atom stereocenters. The first kappa shape index (κ1) is 15.0. The fourth-order valence-electron chi connectivity index (χ4n) is 1.78. The number of rotatable bonds is 7. The second-order valence-corrected chi connectivity index (χ2v) is 5.78. The summed E-state index contributed by atoms with van der Waals surface area (Å²) in [5.41, 5.74) is 0. The van der Waals surface area contributed by atoms with Crippen LogP contribution in [-0.2, 0) is 4.79 Å². The van der Waals surface area contributed by atoms with Gasteiger partial charge in [0.2, 0.25) is 5.91 Å². The van der Waals surface area contributed by atoms with Crippen molar-refractivity contribution in [1.82, 2.24) is 15.3 Å². The van der Waals surface area contributed by atoms with Crippen LogP contribution < -0.4 is 15.5 Å². The van der Waals surface area contributed by atoms with Gasteiger partial charge in [0.1, 0.15) is 22.4 Å². The number of nitrogens with one attached hydrogen (secondary N) is 2. The highest BCUT2D eigenvalue weighted by molar-refractivity contribution is 9.10. The van der Waals surface area contributed by atoms with E-state index in [9.17, 15) is 4.79 Å². The number of carbonyl (C=O) groups is 1. The number of nitrogens with zero attached hydrogens (tertiary/aromatic N) is 3. The normalized spacial score (nSPS) is 13.9. The van der Waals surface area contributed by atoms with Crippen molar-refractivity contribution in [2.45, 2.75) is 32.2 Å². The Kier molecular flexibility index (Phi) is 5.17. The molecule has 2 N–H and O–H groups in total. The van der Waals surface area contributed by atoms with Crippen LogP contribution in [0.1, 0.15) is 26.2 Å². The minimum atomic E-state index is 0.0311. The Morgan fingerprint density at radius 1 is 1.50 bits per heavy atom. The summed E-state index contributed by atoms with van der Waals surface area (Å²) in [5.74, 6) is 1.50. The summed E-state index contributed by atoms with van der Waals surface area (Å²) in [6.07, 6.45) is 4.72. The molecule has 1 aliphatic rings. The number of hydrogen-bond acceptors (Lipinski definition) is 5. The van der Waals surface area contributed by atoms with Gasteiger partial charge in [-0.3, -0.25) is 4.79 Å².